The Morgan fingerprint density at radius 3 is 2.82 bits per heavy atom. The Morgan fingerprint density at radius 1 is 1.00 bits per heavy atom. The van der Waals surface area contributed by atoms with Crippen LogP contribution in [-0.4, -0.2) is 43.8 Å². The average Bonchev–Trinajstić information content (AvgIpc) is 2.69. The zero-order valence-electron chi connectivity index (χ0n) is 10.9. The third-order valence-electron chi connectivity index (χ3n) is 6.03. The van der Waals surface area contributed by atoms with E-state index >= 15 is 0 Å². The van der Waals surface area contributed by atoms with Crippen molar-refractivity contribution in [3.63, 3.8) is 0 Å². The molecule has 2 aliphatic carbocycles. The van der Waals surface area contributed by atoms with Crippen LogP contribution in [0.2, 0.25) is 0 Å². The van der Waals surface area contributed by atoms with Crippen LogP contribution in [0.4, 0.5) is 0 Å². The van der Waals surface area contributed by atoms with Gasteiger partial charge in [0, 0.05) is 18.8 Å². The number of rotatable bonds is 0. The van der Waals surface area contributed by atoms with Crippen LogP contribution in [0.25, 0.3) is 0 Å². The van der Waals surface area contributed by atoms with Gasteiger partial charge in [-0.25, -0.2) is 0 Å². The maximum atomic E-state index is 3.72. The average molecular weight is 235 g/mol. The molecule has 2 heterocycles. The van der Waals surface area contributed by atoms with E-state index in [1.54, 1.807) is 0 Å². The molecule has 4 fully saturated rings. The number of hydrogen-bond acceptors (Lipinski definition) is 3. The summed E-state index contributed by atoms with van der Waals surface area (Å²) in [6.45, 7) is 3.70. The molecule has 17 heavy (non-hydrogen) atoms. The monoisotopic (exact) mass is 235 g/mol. The van der Waals surface area contributed by atoms with Gasteiger partial charge in [0.1, 0.15) is 0 Å². The summed E-state index contributed by atoms with van der Waals surface area (Å²) >= 11 is 0. The lowest BCUT2D eigenvalue weighted by atomic mass is 9.59. The van der Waals surface area contributed by atoms with Crippen LogP contribution < -0.4 is 10.6 Å². The zero-order valence-corrected chi connectivity index (χ0v) is 10.9. The molecule has 0 aromatic carbocycles. The van der Waals surface area contributed by atoms with Gasteiger partial charge in [0.25, 0.3) is 0 Å². The Hall–Kier alpha value is -0.120. The van der Waals surface area contributed by atoms with Crippen LogP contribution in [0.5, 0.6) is 0 Å². The summed E-state index contributed by atoms with van der Waals surface area (Å²) in [5.74, 6) is 4.02. The summed E-state index contributed by atoms with van der Waals surface area (Å²) in [5, 5.41) is 7.38. The first-order valence-electron chi connectivity index (χ1n) is 7.45. The number of piperidine rings is 1. The molecule has 2 bridgehead atoms. The fourth-order valence-electron chi connectivity index (χ4n) is 5.23. The molecule has 0 aromatic rings. The molecule has 2 saturated carbocycles. The van der Waals surface area contributed by atoms with Crippen LogP contribution in [0.3, 0.4) is 0 Å². The van der Waals surface area contributed by atoms with E-state index in [-0.39, 0.29) is 0 Å². The van der Waals surface area contributed by atoms with Crippen molar-refractivity contribution in [1.82, 2.24) is 15.5 Å². The predicted octanol–water partition coefficient (Wildman–Crippen LogP) is 0.872. The molecule has 0 spiro atoms. The summed E-state index contributed by atoms with van der Waals surface area (Å²) in [4.78, 5) is 2.54. The van der Waals surface area contributed by atoms with E-state index in [1.165, 1.54) is 38.8 Å². The van der Waals surface area contributed by atoms with Crippen molar-refractivity contribution in [2.24, 2.45) is 23.7 Å². The van der Waals surface area contributed by atoms with Crippen molar-refractivity contribution in [3.8, 4) is 0 Å². The molecule has 4 aliphatic rings. The largest absolute Gasteiger partial charge is 0.316 e. The zero-order chi connectivity index (χ0) is 11.4. The van der Waals surface area contributed by atoms with E-state index < -0.39 is 0 Å². The van der Waals surface area contributed by atoms with Crippen molar-refractivity contribution < 1.29 is 0 Å². The van der Waals surface area contributed by atoms with Gasteiger partial charge in [-0.2, -0.15) is 0 Å². The standard InChI is InChI=1S/C14H25N3/c1-17-8-16-13-4-10-2-9-3-11(7-15-6-9)12(10)5-14(13)17/h9-16H,2-8H2,1H3. The van der Waals surface area contributed by atoms with Gasteiger partial charge in [-0.15, -0.1) is 0 Å². The van der Waals surface area contributed by atoms with E-state index in [2.05, 4.69) is 22.6 Å². The molecule has 2 saturated heterocycles. The smallest absolute Gasteiger partial charge is 0.0483 e. The molecule has 4 rings (SSSR count). The molecule has 0 amide bonds. The molecule has 0 aromatic heterocycles. The van der Waals surface area contributed by atoms with E-state index in [4.69, 9.17) is 0 Å². The number of nitrogens with zero attached hydrogens (tertiary/aromatic N) is 1. The maximum absolute atomic E-state index is 3.72. The van der Waals surface area contributed by atoms with Crippen molar-refractivity contribution in [2.45, 2.75) is 37.8 Å². The second-order valence-corrected chi connectivity index (χ2v) is 6.94. The third-order valence-corrected chi connectivity index (χ3v) is 6.03. The number of likely N-dealkylation sites (N-methyl/N-ethyl adjacent to an activating group) is 1. The van der Waals surface area contributed by atoms with Gasteiger partial charge in [-0.1, -0.05) is 0 Å². The molecular weight excluding hydrogens is 210 g/mol. The summed E-state index contributed by atoms with van der Waals surface area (Å²) < 4.78 is 0. The highest BCUT2D eigenvalue weighted by Crippen LogP contribution is 2.48. The maximum Gasteiger partial charge on any atom is 0.0483 e. The first-order valence-corrected chi connectivity index (χ1v) is 7.45. The second-order valence-electron chi connectivity index (χ2n) is 6.94. The number of fused-ring (bicyclic) bond motifs is 5. The normalized spacial score (nSPS) is 54.2. The summed E-state index contributed by atoms with van der Waals surface area (Å²) in [6, 6.07) is 1.63. The third kappa shape index (κ3) is 1.66. The lowest BCUT2D eigenvalue weighted by Gasteiger charge is -2.51. The quantitative estimate of drug-likeness (QED) is 0.652. The number of hydrogen-bond donors (Lipinski definition) is 2. The van der Waals surface area contributed by atoms with Crippen LogP contribution in [0.1, 0.15) is 25.7 Å². The minimum absolute atomic E-state index is 0.799. The molecule has 2 aliphatic heterocycles. The van der Waals surface area contributed by atoms with Gasteiger partial charge in [0.05, 0.1) is 0 Å². The molecule has 6 atom stereocenters. The van der Waals surface area contributed by atoms with Gasteiger partial charge < -0.3 is 5.32 Å². The van der Waals surface area contributed by atoms with E-state index in [0.29, 0.717) is 0 Å². The fraction of sp³-hybridized carbons (Fsp3) is 1.00. The number of nitrogens with one attached hydrogen (secondary N) is 2. The topological polar surface area (TPSA) is 27.3 Å². The molecule has 3 heteroatoms. The van der Waals surface area contributed by atoms with E-state index in [0.717, 1.165) is 42.4 Å². The Morgan fingerprint density at radius 2 is 1.88 bits per heavy atom. The van der Waals surface area contributed by atoms with Crippen molar-refractivity contribution in [3.05, 3.63) is 0 Å². The van der Waals surface area contributed by atoms with Gasteiger partial charge in [0.15, 0.2) is 0 Å². The molecule has 96 valence electrons. The SMILES string of the molecule is CN1CNC2CC3CC4CNCC(C4)C3CC21. The molecule has 3 nitrogen and oxygen atoms in total. The Kier molecular flexibility index (Phi) is 2.50. The van der Waals surface area contributed by atoms with Gasteiger partial charge >= 0.3 is 0 Å². The predicted molar refractivity (Wildman–Crippen MR) is 68.6 cm³/mol. The fourth-order valence-corrected chi connectivity index (χ4v) is 5.23. The van der Waals surface area contributed by atoms with Crippen molar-refractivity contribution in [1.29, 1.82) is 0 Å². The molecule has 6 unspecified atom stereocenters. The highest BCUT2D eigenvalue weighted by Gasteiger charge is 2.48. The summed E-state index contributed by atoms with van der Waals surface area (Å²) in [5.41, 5.74) is 0. The Balaban J connectivity index is 1.56. The van der Waals surface area contributed by atoms with Crippen molar-refractivity contribution in [2.75, 3.05) is 26.8 Å². The molecule has 0 radical (unpaired) electrons. The van der Waals surface area contributed by atoms with Crippen LogP contribution >= 0.6 is 0 Å². The van der Waals surface area contributed by atoms with Gasteiger partial charge in [-0.05, 0) is 69.5 Å². The summed E-state index contributed by atoms with van der Waals surface area (Å²) in [6.07, 6.45) is 5.93. The minimum Gasteiger partial charge on any atom is -0.316 e. The first kappa shape index (κ1) is 10.8. The molecule has 2 N–H and O–H groups in total. The Labute approximate surface area is 104 Å². The molecular formula is C14H25N3. The summed E-state index contributed by atoms with van der Waals surface area (Å²) in [7, 11) is 2.29. The highest BCUT2D eigenvalue weighted by atomic mass is 15.3. The van der Waals surface area contributed by atoms with Gasteiger partial charge in [-0.3, -0.25) is 10.2 Å². The lowest BCUT2D eigenvalue weighted by Crippen LogP contribution is -2.53. The van der Waals surface area contributed by atoms with Gasteiger partial charge in [0.2, 0.25) is 0 Å². The minimum atomic E-state index is 0.799. The van der Waals surface area contributed by atoms with Crippen molar-refractivity contribution >= 4 is 0 Å². The van der Waals surface area contributed by atoms with Crippen LogP contribution in [0, 0.1) is 23.7 Å². The second kappa shape index (κ2) is 3.94. The highest BCUT2D eigenvalue weighted by molar-refractivity contribution is 5.02. The van der Waals surface area contributed by atoms with Crippen LogP contribution in [0.15, 0.2) is 0 Å². The van der Waals surface area contributed by atoms with E-state index in [9.17, 15) is 0 Å². The van der Waals surface area contributed by atoms with E-state index in [1.807, 2.05) is 0 Å². The first-order chi connectivity index (χ1) is 8.31. The Bertz CT molecular complexity index is 306. The van der Waals surface area contributed by atoms with Crippen LogP contribution in [-0.2, 0) is 0 Å². The lowest BCUT2D eigenvalue weighted by molar-refractivity contribution is 0.0169.